The number of hydrogen-bond acceptors (Lipinski definition) is 7. The highest BCUT2D eigenvalue weighted by atomic mass is 19.3. The van der Waals surface area contributed by atoms with Gasteiger partial charge in [-0.05, 0) is 47.5 Å². The van der Waals surface area contributed by atoms with Crippen molar-refractivity contribution < 1.29 is 36.6 Å². The van der Waals surface area contributed by atoms with Crippen LogP contribution < -0.4 is 14.8 Å². The monoisotopic (exact) mass is 571 g/mol. The number of carbonyl (C=O) groups excluding carboxylic acids is 2. The van der Waals surface area contributed by atoms with Crippen molar-refractivity contribution in [1.29, 1.82) is 10.5 Å². The molecule has 41 heavy (non-hydrogen) atoms. The molecule has 2 amide bonds. The van der Waals surface area contributed by atoms with Crippen molar-refractivity contribution in [1.82, 2.24) is 15.1 Å². The Bertz CT molecular complexity index is 1340. The minimum Gasteiger partial charge on any atom is -0.435 e. The fraction of sp³-hybridized carbons (Fsp3) is 0.286. The van der Waals surface area contributed by atoms with E-state index in [1.54, 1.807) is 0 Å². The van der Waals surface area contributed by atoms with Crippen molar-refractivity contribution in [2.24, 2.45) is 0 Å². The summed E-state index contributed by atoms with van der Waals surface area (Å²) in [5.74, 6) is -1.13. The van der Waals surface area contributed by atoms with Crippen molar-refractivity contribution >= 4 is 24.0 Å². The van der Waals surface area contributed by atoms with Crippen molar-refractivity contribution in [3.63, 3.8) is 0 Å². The summed E-state index contributed by atoms with van der Waals surface area (Å²) in [5.41, 5.74) is 0.687. The number of halogens is 4. The van der Waals surface area contributed by atoms with E-state index in [9.17, 15) is 37.7 Å². The molecule has 0 atom stereocenters. The van der Waals surface area contributed by atoms with E-state index in [2.05, 4.69) is 14.8 Å². The minimum absolute atomic E-state index is 0.0379. The average molecular weight is 572 g/mol. The van der Waals surface area contributed by atoms with Crippen LogP contribution in [0.2, 0.25) is 0 Å². The number of ether oxygens (including phenoxy) is 2. The van der Waals surface area contributed by atoms with Gasteiger partial charge in [-0.1, -0.05) is 24.3 Å². The quantitative estimate of drug-likeness (QED) is 0.248. The number of alkyl halides is 4. The van der Waals surface area contributed by atoms with Crippen LogP contribution in [0.5, 0.6) is 11.5 Å². The van der Waals surface area contributed by atoms with Gasteiger partial charge in [-0.3, -0.25) is 14.5 Å². The Morgan fingerprint density at radius 2 is 1.27 bits per heavy atom. The van der Waals surface area contributed by atoms with E-state index < -0.39 is 25.0 Å². The summed E-state index contributed by atoms with van der Waals surface area (Å²) in [7, 11) is 0. The highest BCUT2D eigenvalue weighted by Crippen LogP contribution is 2.18. The smallest absolute Gasteiger partial charge is 0.387 e. The molecule has 214 valence electrons. The summed E-state index contributed by atoms with van der Waals surface area (Å²) in [4.78, 5) is 28.8. The molecule has 1 N–H and O–H groups in total. The van der Waals surface area contributed by atoms with Crippen LogP contribution in [0.25, 0.3) is 12.2 Å². The summed E-state index contributed by atoms with van der Waals surface area (Å²) < 4.78 is 57.7. The van der Waals surface area contributed by atoms with Crippen LogP contribution in [0.1, 0.15) is 11.1 Å². The first-order chi connectivity index (χ1) is 19.7. The zero-order chi connectivity index (χ0) is 29.8. The van der Waals surface area contributed by atoms with E-state index in [1.807, 2.05) is 17.0 Å². The lowest BCUT2D eigenvalue weighted by atomic mass is 10.1. The van der Waals surface area contributed by atoms with Gasteiger partial charge in [0.15, 0.2) is 0 Å². The summed E-state index contributed by atoms with van der Waals surface area (Å²) in [6, 6.07) is 14.7. The third kappa shape index (κ3) is 9.67. The molecule has 1 aliphatic heterocycles. The van der Waals surface area contributed by atoms with Gasteiger partial charge in [-0.2, -0.15) is 28.1 Å². The lowest BCUT2D eigenvalue weighted by Crippen LogP contribution is -2.50. The first-order valence-corrected chi connectivity index (χ1v) is 12.3. The summed E-state index contributed by atoms with van der Waals surface area (Å²) in [5, 5.41) is 21.5. The highest BCUT2D eigenvalue weighted by Gasteiger charge is 2.24. The van der Waals surface area contributed by atoms with Crippen molar-refractivity contribution in [3.8, 4) is 23.6 Å². The van der Waals surface area contributed by atoms with Gasteiger partial charge in [0.25, 0.3) is 11.8 Å². The van der Waals surface area contributed by atoms with Crippen LogP contribution in [0.15, 0.2) is 59.7 Å². The van der Waals surface area contributed by atoms with Crippen LogP contribution in [0.3, 0.4) is 0 Å². The Hall–Kier alpha value is -4.88. The van der Waals surface area contributed by atoms with Crippen molar-refractivity contribution in [2.45, 2.75) is 13.2 Å². The predicted molar refractivity (Wildman–Crippen MR) is 139 cm³/mol. The lowest BCUT2D eigenvalue weighted by molar-refractivity contribution is -0.128. The van der Waals surface area contributed by atoms with Gasteiger partial charge in [0.1, 0.15) is 34.8 Å². The second kappa shape index (κ2) is 15.1. The van der Waals surface area contributed by atoms with Gasteiger partial charge in [-0.15, -0.1) is 0 Å². The molecule has 1 aliphatic rings. The second-order valence-corrected chi connectivity index (χ2v) is 8.62. The van der Waals surface area contributed by atoms with Gasteiger partial charge < -0.3 is 19.7 Å². The van der Waals surface area contributed by atoms with Crippen molar-refractivity contribution in [3.05, 3.63) is 70.8 Å². The lowest BCUT2D eigenvalue weighted by Gasteiger charge is -2.34. The standard InChI is InChI=1S/C28H25F4N5O4/c29-27(30)40-23-5-1-19(2-6-23)15-21(17-33)25(38)35-9-10-36-11-13-37(14-12-36)26(39)22(18-34)16-20-3-7-24(8-4-20)41-28(31)32/h1-8,15-16,27-28H,9-14H2,(H,35,38). The van der Waals surface area contributed by atoms with Gasteiger partial charge in [-0.25, -0.2) is 0 Å². The molecule has 1 heterocycles. The number of nitrogens with zero attached hydrogens (tertiary/aromatic N) is 4. The van der Waals surface area contributed by atoms with Gasteiger partial charge >= 0.3 is 13.2 Å². The molecular weight excluding hydrogens is 546 g/mol. The molecule has 0 spiro atoms. The molecule has 0 bridgehead atoms. The molecule has 0 radical (unpaired) electrons. The van der Waals surface area contributed by atoms with E-state index in [0.717, 1.165) is 0 Å². The molecule has 2 aromatic carbocycles. The number of rotatable bonds is 11. The Morgan fingerprint density at radius 3 is 1.71 bits per heavy atom. The van der Waals surface area contributed by atoms with Crippen LogP contribution in [0, 0.1) is 22.7 Å². The topological polar surface area (TPSA) is 119 Å². The molecule has 13 heteroatoms. The Morgan fingerprint density at radius 1 is 0.805 bits per heavy atom. The number of nitriles is 2. The maximum atomic E-state index is 12.8. The normalized spacial score (nSPS) is 14.4. The largest absolute Gasteiger partial charge is 0.435 e. The van der Waals surface area contributed by atoms with Gasteiger partial charge in [0.05, 0.1) is 0 Å². The fourth-order valence-electron chi connectivity index (χ4n) is 3.88. The van der Waals surface area contributed by atoms with E-state index in [0.29, 0.717) is 43.9 Å². The third-order valence-corrected chi connectivity index (χ3v) is 5.92. The average Bonchev–Trinajstić information content (AvgIpc) is 2.95. The fourth-order valence-corrected chi connectivity index (χ4v) is 3.88. The summed E-state index contributed by atoms with van der Waals surface area (Å²) >= 11 is 0. The summed E-state index contributed by atoms with van der Waals surface area (Å²) in [6.07, 6.45) is 2.71. The molecule has 0 saturated carbocycles. The third-order valence-electron chi connectivity index (χ3n) is 5.92. The van der Waals surface area contributed by atoms with E-state index in [4.69, 9.17) is 0 Å². The highest BCUT2D eigenvalue weighted by molar-refractivity contribution is 6.02. The number of piperazine rings is 1. The van der Waals surface area contributed by atoms with Crippen LogP contribution >= 0.6 is 0 Å². The first-order valence-electron chi connectivity index (χ1n) is 12.3. The number of benzene rings is 2. The van der Waals surface area contributed by atoms with Crippen LogP contribution in [-0.2, 0) is 9.59 Å². The molecule has 3 rings (SSSR count). The SMILES string of the molecule is N#CC(=Cc1ccc(OC(F)F)cc1)C(=O)NCCN1CCN(C(=O)C(C#N)=Cc2ccc(OC(F)F)cc2)CC1. The zero-order valence-electron chi connectivity index (χ0n) is 21.6. The summed E-state index contributed by atoms with van der Waals surface area (Å²) in [6.45, 7) is -3.53. The zero-order valence-corrected chi connectivity index (χ0v) is 21.6. The minimum atomic E-state index is -2.96. The second-order valence-electron chi connectivity index (χ2n) is 8.62. The molecule has 0 unspecified atom stereocenters. The number of hydrogen-bond donors (Lipinski definition) is 1. The predicted octanol–water partition coefficient (Wildman–Crippen LogP) is 3.66. The molecule has 1 saturated heterocycles. The number of amides is 2. The number of carbonyl (C=O) groups is 2. The Balaban J connectivity index is 1.46. The molecule has 9 nitrogen and oxygen atoms in total. The molecule has 2 aromatic rings. The van der Waals surface area contributed by atoms with Gasteiger partial charge in [0, 0.05) is 39.3 Å². The maximum absolute atomic E-state index is 12.8. The van der Waals surface area contributed by atoms with E-state index in [-0.39, 0.29) is 29.2 Å². The van der Waals surface area contributed by atoms with Gasteiger partial charge in [0.2, 0.25) is 0 Å². The van der Waals surface area contributed by atoms with E-state index in [1.165, 1.54) is 65.6 Å². The molecular formula is C28H25F4N5O4. The molecule has 0 aliphatic carbocycles. The number of nitrogens with one attached hydrogen (secondary N) is 1. The van der Waals surface area contributed by atoms with Crippen molar-refractivity contribution in [2.75, 3.05) is 39.3 Å². The Kier molecular flexibility index (Phi) is 11.3. The molecule has 1 fully saturated rings. The van der Waals surface area contributed by atoms with Crippen LogP contribution in [0.4, 0.5) is 17.6 Å². The Labute approximate surface area is 233 Å². The molecule has 0 aromatic heterocycles. The maximum Gasteiger partial charge on any atom is 0.387 e. The van der Waals surface area contributed by atoms with E-state index >= 15 is 0 Å². The van der Waals surface area contributed by atoms with Crippen LogP contribution in [-0.4, -0.2) is 74.1 Å². The first kappa shape index (κ1) is 30.7.